The van der Waals surface area contributed by atoms with Gasteiger partial charge in [0, 0.05) is 22.5 Å². The van der Waals surface area contributed by atoms with Crippen LogP contribution in [0.15, 0.2) is 92.2 Å². The van der Waals surface area contributed by atoms with Crippen LogP contribution in [0.1, 0.15) is 137 Å². The molecular formula is C50H62N4O2. The lowest BCUT2D eigenvalue weighted by molar-refractivity contribution is 0.414. The van der Waals surface area contributed by atoms with Crippen LogP contribution in [0.4, 0.5) is 0 Å². The Labute approximate surface area is 335 Å². The van der Waals surface area contributed by atoms with Crippen LogP contribution in [0.5, 0.6) is 11.5 Å². The Kier molecular flexibility index (Phi) is 12.6. The average Bonchev–Trinajstić information content (AvgIpc) is 3.97. The summed E-state index contributed by atoms with van der Waals surface area (Å²) in [5, 5.41) is 0. The first-order valence-electron chi connectivity index (χ1n) is 21.0. The number of H-pyrrole nitrogens is 2. The second-order valence-electron chi connectivity index (χ2n) is 14.7. The van der Waals surface area contributed by atoms with E-state index in [0.29, 0.717) is 0 Å². The molecule has 4 heterocycles. The third kappa shape index (κ3) is 6.97. The summed E-state index contributed by atoms with van der Waals surface area (Å²) >= 11 is 0. The second-order valence-corrected chi connectivity index (χ2v) is 14.7. The number of nitrogens with zero attached hydrogens (tertiary/aromatic N) is 2. The van der Waals surface area contributed by atoms with Crippen LogP contribution in [-0.2, 0) is 25.7 Å². The van der Waals surface area contributed by atoms with Crippen molar-refractivity contribution in [2.75, 3.05) is 14.2 Å². The second kappa shape index (κ2) is 17.4. The van der Waals surface area contributed by atoms with Crippen LogP contribution in [-0.4, -0.2) is 35.6 Å². The lowest BCUT2D eigenvalue weighted by Crippen LogP contribution is -2.16. The van der Waals surface area contributed by atoms with Crippen LogP contribution in [0.25, 0.3) is 11.1 Å². The van der Waals surface area contributed by atoms with Crippen molar-refractivity contribution in [1.82, 2.24) is 9.97 Å². The molecule has 2 N–H and O–H groups in total. The van der Waals surface area contributed by atoms with E-state index in [4.69, 9.17) is 19.5 Å². The molecule has 0 fully saturated rings. The molecule has 56 heavy (non-hydrogen) atoms. The van der Waals surface area contributed by atoms with E-state index in [1.54, 1.807) is 14.2 Å². The normalized spacial score (nSPS) is 16.2. The predicted octanol–water partition coefficient (Wildman–Crippen LogP) is 12.6. The smallest absolute Gasteiger partial charge is 0.118 e. The van der Waals surface area contributed by atoms with Gasteiger partial charge in [-0.15, -0.1) is 0 Å². The topological polar surface area (TPSA) is 74.8 Å². The van der Waals surface area contributed by atoms with Gasteiger partial charge in [0.15, 0.2) is 0 Å². The molecule has 0 amide bonds. The minimum Gasteiger partial charge on any atom is -0.497 e. The zero-order valence-electron chi connectivity index (χ0n) is 36.0. The van der Waals surface area contributed by atoms with Gasteiger partial charge >= 0.3 is 0 Å². The number of aryl methyl sites for hydroxylation is 2. The summed E-state index contributed by atoms with van der Waals surface area (Å²) in [4.78, 5) is 19.3. The van der Waals surface area contributed by atoms with E-state index in [-0.39, 0.29) is 0 Å². The number of hydrogen-bond acceptors (Lipinski definition) is 4. The summed E-state index contributed by atoms with van der Waals surface area (Å²) in [6.45, 7) is 22.6. The quantitative estimate of drug-likeness (QED) is 0.127. The Hall–Kier alpha value is -5.10. The summed E-state index contributed by atoms with van der Waals surface area (Å²) in [6, 6.07) is 17.0. The van der Waals surface area contributed by atoms with Crippen molar-refractivity contribution in [3.8, 4) is 11.5 Å². The number of methoxy groups -OCH3 is 2. The largest absolute Gasteiger partial charge is 0.497 e. The maximum atomic E-state index is 5.76. The van der Waals surface area contributed by atoms with Crippen LogP contribution in [0.3, 0.4) is 0 Å². The summed E-state index contributed by atoms with van der Waals surface area (Å²) in [5.41, 5.74) is 24.2. The molecule has 2 aromatic heterocycles. The van der Waals surface area contributed by atoms with Crippen LogP contribution in [0.2, 0.25) is 0 Å². The lowest BCUT2D eigenvalue weighted by Gasteiger charge is -2.15. The summed E-state index contributed by atoms with van der Waals surface area (Å²) in [5.74, 6) is 1.68. The number of benzene rings is 2. The van der Waals surface area contributed by atoms with Gasteiger partial charge in [-0.05, 0) is 145 Å². The fourth-order valence-electron chi connectivity index (χ4n) is 9.30. The molecule has 6 rings (SSSR count). The SMILES string of the molecule is CCC1=C(CC)/C(=C(\c2ccc(OC)cc2)c2[nH]c(C)c(CC)c2CC)N=C1C1=N/C(=C(\c2ccc(OC)cc2)c2[nH]c(C)c(CC)c2CC)C(CC)=C1CC. The van der Waals surface area contributed by atoms with E-state index in [1.807, 2.05) is 0 Å². The van der Waals surface area contributed by atoms with Gasteiger partial charge in [0.05, 0.1) is 48.4 Å². The Bertz CT molecular complexity index is 2130. The zero-order valence-corrected chi connectivity index (χ0v) is 36.0. The van der Waals surface area contributed by atoms with Crippen molar-refractivity contribution in [3.05, 3.63) is 138 Å². The fraction of sp³-hybridized carbons (Fsp3) is 0.400. The molecule has 6 heteroatoms. The van der Waals surface area contributed by atoms with E-state index in [9.17, 15) is 0 Å². The number of aromatic amines is 2. The number of allylic oxidation sites excluding steroid dienone is 4. The molecule has 0 saturated carbocycles. The molecule has 0 unspecified atom stereocenters. The van der Waals surface area contributed by atoms with Gasteiger partial charge in [-0.3, -0.25) is 0 Å². The molecule has 6 nitrogen and oxygen atoms in total. The third-order valence-corrected chi connectivity index (χ3v) is 12.0. The monoisotopic (exact) mass is 750 g/mol. The number of nitrogens with one attached hydrogen (secondary N) is 2. The van der Waals surface area contributed by atoms with Gasteiger partial charge in [-0.1, -0.05) is 79.7 Å². The first-order valence-corrected chi connectivity index (χ1v) is 21.0. The van der Waals surface area contributed by atoms with Crippen LogP contribution in [0, 0.1) is 13.8 Å². The fourth-order valence-corrected chi connectivity index (χ4v) is 9.30. The molecule has 0 bridgehead atoms. The molecule has 0 saturated heterocycles. The van der Waals surface area contributed by atoms with E-state index in [1.165, 1.54) is 67.3 Å². The van der Waals surface area contributed by atoms with E-state index in [2.05, 4.69) is 128 Å². The van der Waals surface area contributed by atoms with Crippen LogP contribution < -0.4 is 9.47 Å². The number of aromatic nitrogens is 2. The van der Waals surface area contributed by atoms with Gasteiger partial charge in [-0.2, -0.15) is 0 Å². The van der Waals surface area contributed by atoms with Gasteiger partial charge in [-0.25, -0.2) is 9.98 Å². The maximum Gasteiger partial charge on any atom is 0.118 e. The van der Waals surface area contributed by atoms with Crippen molar-refractivity contribution < 1.29 is 9.47 Å². The van der Waals surface area contributed by atoms with Gasteiger partial charge in [0.1, 0.15) is 11.5 Å². The van der Waals surface area contributed by atoms with Crippen molar-refractivity contribution >= 4 is 22.6 Å². The highest BCUT2D eigenvalue weighted by Crippen LogP contribution is 2.45. The molecule has 0 atom stereocenters. The molecule has 294 valence electrons. The van der Waals surface area contributed by atoms with E-state index >= 15 is 0 Å². The first kappa shape index (κ1) is 40.6. The maximum absolute atomic E-state index is 5.76. The summed E-state index contributed by atoms with van der Waals surface area (Å²) < 4.78 is 11.2. The van der Waals surface area contributed by atoms with Crippen molar-refractivity contribution in [2.45, 2.75) is 121 Å². The van der Waals surface area contributed by atoms with Crippen LogP contribution >= 0.6 is 0 Å². The first-order chi connectivity index (χ1) is 27.2. The van der Waals surface area contributed by atoms with Crippen molar-refractivity contribution in [1.29, 1.82) is 0 Å². The molecule has 0 radical (unpaired) electrons. The van der Waals surface area contributed by atoms with Gasteiger partial charge in [0.25, 0.3) is 0 Å². The lowest BCUT2D eigenvalue weighted by atomic mass is 9.88. The molecule has 2 aromatic carbocycles. The van der Waals surface area contributed by atoms with Crippen molar-refractivity contribution in [3.63, 3.8) is 0 Å². The Morgan fingerprint density at radius 3 is 1.04 bits per heavy atom. The average molecular weight is 751 g/mol. The minimum atomic E-state index is 0.841. The summed E-state index contributed by atoms with van der Waals surface area (Å²) in [6.07, 6.45) is 7.30. The highest BCUT2D eigenvalue weighted by molar-refractivity contribution is 6.55. The minimum absolute atomic E-state index is 0.841. The third-order valence-electron chi connectivity index (χ3n) is 12.0. The molecule has 0 aliphatic carbocycles. The Balaban J connectivity index is 1.71. The summed E-state index contributed by atoms with van der Waals surface area (Å²) in [7, 11) is 3.45. The molecular weight excluding hydrogens is 689 g/mol. The standard InChI is InChI=1S/C50H62N4O2/c1-13-35-29(9)51-45(37(35)15-3)43(31-21-25-33(55-11)26-22-31)47-39(17-5)41(19-7)49(53-47)50-42(20-8)40(18-6)48(54-50)44(32-23-27-34(56-12)28-24-32)46-38(16-4)36(14-2)30(10)52-46/h21-28,51-52H,13-20H2,1-12H3/b47-43-,48-44+. The number of hydrogen-bond donors (Lipinski definition) is 2. The van der Waals surface area contributed by atoms with Gasteiger partial charge in [0.2, 0.25) is 0 Å². The van der Waals surface area contributed by atoms with Gasteiger partial charge < -0.3 is 19.4 Å². The van der Waals surface area contributed by atoms with E-state index in [0.717, 1.165) is 108 Å². The highest BCUT2D eigenvalue weighted by atomic mass is 16.5. The zero-order chi connectivity index (χ0) is 40.3. The Morgan fingerprint density at radius 1 is 0.446 bits per heavy atom. The Morgan fingerprint density at radius 2 is 0.768 bits per heavy atom. The number of ether oxygens (including phenoxy) is 2. The predicted molar refractivity (Wildman–Crippen MR) is 237 cm³/mol. The molecule has 0 spiro atoms. The highest BCUT2D eigenvalue weighted by Gasteiger charge is 2.35. The number of aliphatic imine (C=N–C) groups is 2. The van der Waals surface area contributed by atoms with E-state index < -0.39 is 0 Å². The molecule has 4 aromatic rings. The number of rotatable bonds is 15. The molecule has 2 aliphatic rings. The molecule has 2 aliphatic heterocycles. The van der Waals surface area contributed by atoms with Crippen molar-refractivity contribution in [2.24, 2.45) is 9.98 Å².